The summed E-state index contributed by atoms with van der Waals surface area (Å²) in [5.41, 5.74) is 1.36. The molecule has 0 saturated carbocycles. The Balaban J connectivity index is 2.61. The Hall–Kier alpha value is -0.940. The summed E-state index contributed by atoms with van der Waals surface area (Å²) in [7, 11) is 1.80. The number of carbonyl (C=O) groups excluding carboxylic acids is 1. The van der Waals surface area contributed by atoms with Gasteiger partial charge in [0.05, 0.1) is 10.4 Å². The second-order valence-corrected chi connectivity index (χ2v) is 4.59. The van der Waals surface area contributed by atoms with Crippen LogP contribution in [0.4, 0.5) is 0 Å². The molecule has 0 fully saturated rings. The van der Waals surface area contributed by atoms with Crippen LogP contribution in [-0.4, -0.2) is 16.1 Å². The third-order valence-electron chi connectivity index (χ3n) is 1.82. The fourth-order valence-electron chi connectivity index (χ4n) is 1.23. The highest BCUT2D eigenvalue weighted by molar-refractivity contribution is 9.10. The lowest BCUT2D eigenvalue weighted by molar-refractivity contribution is 0.112. The van der Waals surface area contributed by atoms with Crippen molar-refractivity contribution in [3.05, 3.63) is 27.7 Å². The van der Waals surface area contributed by atoms with Crippen molar-refractivity contribution in [2.45, 2.75) is 0 Å². The van der Waals surface area contributed by atoms with Crippen molar-refractivity contribution in [3.8, 4) is 10.6 Å². The van der Waals surface area contributed by atoms with E-state index < -0.39 is 0 Å². The molecule has 0 aromatic carbocycles. The maximum Gasteiger partial charge on any atom is 0.153 e. The highest BCUT2D eigenvalue weighted by Gasteiger charge is 2.13. The number of hydrogen-bond acceptors (Lipinski definition) is 3. The molecule has 5 heteroatoms. The first-order valence-electron chi connectivity index (χ1n) is 3.94. The van der Waals surface area contributed by atoms with E-state index in [1.165, 1.54) is 0 Å². The largest absolute Gasteiger partial charge is 0.298 e. The van der Waals surface area contributed by atoms with Crippen molar-refractivity contribution in [1.82, 2.24) is 9.78 Å². The molecule has 3 nitrogen and oxygen atoms in total. The van der Waals surface area contributed by atoms with Crippen LogP contribution in [0.5, 0.6) is 0 Å². The summed E-state index contributed by atoms with van der Waals surface area (Å²) in [5.74, 6) is 0. The minimum Gasteiger partial charge on any atom is -0.298 e. The van der Waals surface area contributed by atoms with Gasteiger partial charge in [0, 0.05) is 17.7 Å². The zero-order valence-corrected chi connectivity index (χ0v) is 9.80. The van der Waals surface area contributed by atoms with Gasteiger partial charge in [-0.25, -0.2) is 0 Å². The molecule has 2 aromatic rings. The van der Waals surface area contributed by atoms with E-state index in [1.807, 2.05) is 11.4 Å². The molecule has 0 bridgehead atoms. The van der Waals surface area contributed by atoms with E-state index in [0.717, 1.165) is 21.3 Å². The van der Waals surface area contributed by atoms with Crippen molar-refractivity contribution < 1.29 is 4.79 Å². The maximum atomic E-state index is 10.8. The Morgan fingerprint density at radius 3 is 3.00 bits per heavy atom. The van der Waals surface area contributed by atoms with Crippen LogP contribution in [0.3, 0.4) is 0 Å². The van der Waals surface area contributed by atoms with Gasteiger partial charge in [0.1, 0.15) is 5.69 Å². The number of halogens is 1. The van der Waals surface area contributed by atoms with Gasteiger partial charge in [-0.1, -0.05) is 0 Å². The van der Waals surface area contributed by atoms with E-state index in [1.54, 1.807) is 29.3 Å². The lowest BCUT2D eigenvalue weighted by Crippen LogP contribution is -1.86. The van der Waals surface area contributed by atoms with Crippen LogP contribution in [0.2, 0.25) is 0 Å². The van der Waals surface area contributed by atoms with Crippen LogP contribution in [0.25, 0.3) is 10.6 Å². The third kappa shape index (κ3) is 1.53. The van der Waals surface area contributed by atoms with Crippen molar-refractivity contribution in [2.75, 3.05) is 0 Å². The van der Waals surface area contributed by atoms with Crippen LogP contribution >= 0.6 is 27.3 Å². The summed E-state index contributed by atoms with van der Waals surface area (Å²) in [6.07, 6.45) is 2.54. The molecule has 0 aliphatic rings. The SMILES string of the molecule is Cn1cc(C=O)c(-c2sccc2Br)n1. The lowest BCUT2D eigenvalue weighted by atomic mass is 10.2. The van der Waals surface area contributed by atoms with Crippen molar-refractivity contribution in [1.29, 1.82) is 0 Å². The molecule has 0 saturated heterocycles. The number of aromatic nitrogens is 2. The van der Waals surface area contributed by atoms with Crippen LogP contribution < -0.4 is 0 Å². The lowest BCUT2D eigenvalue weighted by Gasteiger charge is -1.93. The number of nitrogens with zero attached hydrogens (tertiary/aromatic N) is 2. The van der Waals surface area contributed by atoms with Crippen molar-refractivity contribution in [2.24, 2.45) is 7.05 Å². The number of thiophene rings is 1. The highest BCUT2D eigenvalue weighted by atomic mass is 79.9. The summed E-state index contributed by atoms with van der Waals surface area (Å²) >= 11 is 4.98. The summed E-state index contributed by atoms with van der Waals surface area (Å²) in [6.45, 7) is 0. The Morgan fingerprint density at radius 2 is 2.43 bits per heavy atom. The molecule has 2 rings (SSSR count). The van der Waals surface area contributed by atoms with E-state index in [-0.39, 0.29) is 0 Å². The monoisotopic (exact) mass is 270 g/mol. The first-order chi connectivity index (χ1) is 6.72. The van der Waals surface area contributed by atoms with Gasteiger partial charge in [-0.2, -0.15) is 5.10 Å². The first kappa shape index (κ1) is 9.61. The van der Waals surface area contributed by atoms with E-state index >= 15 is 0 Å². The van der Waals surface area contributed by atoms with Gasteiger partial charge in [0.15, 0.2) is 6.29 Å². The van der Waals surface area contributed by atoms with Gasteiger partial charge in [0.25, 0.3) is 0 Å². The Morgan fingerprint density at radius 1 is 1.64 bits per heavy atom. The molecular weight excluding hydrogens is 264 g/mol. The van der Waals surface area contributed by atoms with Crippen molar-refractivity contribution >= 4 is 33.6 Å². The minimum atomic E-state index is 0.621. The summed E-state index contributed by atoms with van der Waals surface area (Å²) in [4.78, 5) is 11.8. The Kier molecular flexibility index (Phi) is 2.52. The molecule has 0 atom stereocenters. The number of aldehydes is 1. The number of aryl methyl sites for hydroxylation is 1. The first-order valence-corrected chi connectivity index (χ1v) is 5.62. The molecule has 0 N–H and O–H groups in total. The van der Waals surface area contributed by atoms with Crippen LogP contribution in [0.15, 0.2) is 22.1 Å². The molecule has 0 radical (unpaired) electrons. The molecule has 72 valence electrons. The normalized spacial score (nSPS) is 10.4. The van der Waals surface area contributed by atoms with Gasteiger partial charge < -0.3 is 0 Å². The average Bonchev–Trinajstić information content (AvgIpc) is 2.71. The molecule has 0 spiro atoms. The summed E-state index contributed by atoms with van der Waals surface area (Å²) in [5, 5.41) is 6.21. The van der Waals surface area contributed by atoms with E-state index in [4.69, 9.17) is 0 Å². The number of carbonyl (C=O) groups is 1. The fourth-order valence-corrected chi connectivity index (χ4v) is 2.80. The molecule has 0 aliphatic heterocycles. The van der Waals surface area contributed by atoms with E-state index in [0.29, 0.717) is 5.56 Å². The predicted octanol–water partition coefficient (Wildman–Crippen LogP) is 2.72. The van der Waals surface area contributed by atoms with Gasteiger partial charge in [-0.05, 0) is 27.4 Å². The van der Waals surface area contributed by atoms with Gasteiger partial charge >= 0.3 is 0 Å². The van der Waals surface area contributed by atoms with Crippen LogP contribution in [0.1, 0.15) is 10.4 Å². The molecule has 2 aromatic heterocycles. The molecule has 0 amide bonds. The van der Waals surface area contributed by atoms with Crippen LogP contribution in [-0.2, 0) is 7.05 Å². The maximum absolute atomic E-state index is 10.8. The van der Waals surface area contributed by atoms with Gasteiger partial charge in [-0.15, -0.1) is 11.3 Å². The molecule has 0 aliphatic carbocycles. The second kappa shape index (κ2) is 3.67. The third-order valence-corrected chi connectivity index (χ3v) is 3.66. The quantitative estimate of drug-likeness (QED) is 0.787. The van der Waals surface area contributed by atoms with Gasteiger partial charge in [0.2, 0.25) is 0 Å². The summed E-state index contributed by atoms with van der Waals surface area (Å²) in [6, 6.07) is 1.95. The van der Waals surface area contributed by atoms with Crippen molar-refractivity contribution in [3.63, 3.8) is 0 Å². The van der Waals surface area contributed by atoms with Crippen LogP contribution in [0, 0.1) is 0 Å². The standard InChI is InChI=1S/C9H7BrN2OS/c1-12-4-6(5-13)8(11-12)9-7(10)2-3-14-9/h2-5H,1H3. The zero-order chi connectivity index (χ0) is 10.1. The van der Waals surface area contributed by atoms with E-state index in [2.05, 4.69) is 21.0 Å². The molecule has 14 heavy (non-hydrogen) atoms. The Bertz CT molecular complexity index is 475. The average molecular weight is 271 g/mol. The topological polar surface area (TPSA) is 34.9 Å². The second-order valence-electron chi connectivity index (χ2n) is 2.82. The van der Waals surface area contributed by atoms with Gasteiger partial charge in [-0.3, -0.25) is 9.48 Å². The number of hydrogen-bond donors (Lipinski definition) is 0. The summed E-state index contributed by atoms with van der Waals surface area (Å²) < 4.78 is 2.62. The smallest absolute Gasteiger partial charge is 0.153 e. The molecule has 2 heterocycles. The molecule has 0 unspecified atom stereocenters. The predicted molar refractivity (Wildman–Crippen MR) is 59.6 cm³/mol. The number of rotatable bonds is 2. The molecular formula is C9H7BrN2OS. The minimum absolute atomic E-state index is 0.621. The van der Waals surface area contributed by atoms with E-state index in [9.17, 15) is 4.79 Å². The zero-order valence-electron chi connectivity index (χ0n) is 7.40. The Labute approximate surface area is 93.5 Å². The highest BCUT2D eigenvalue weighted by Crippen LogP contribution is 2.33. The fraction of sp³-hybridized carbons (Fsp3) is 0.111.